The Balaban J connectivity index is 2.36. The highest BCUT2D eigenvalue weighted by Crippen LogP contribution is 2.03. The van der Waals surface area contributed by atoms with Gasteiger partial charge < -0.3 is 5.32 Å². The molecule has 0 bridgehead atoms. The van der Waals surface area contributed by atoms with Crippen LogP contribution in [0.25, 0.3) is 0 Å². The molecule has 3 nitrogen and oxygen atoms in total. The van der Waals surface area contributed by atoms with Crippen molar-refractivity contribution in [3.8, 4) is 12.3 Å². The van der Waals surface area contributed by atoms with Crippen LogP contribution in [-0.4, -0.2) is 17.4 Å². The molecule has 1 amide bonds. The predicted octanol–water partition coefficient (Wildman–Crippen LogP) is 1.92. The van der Waals surface area contributed by atoms with Gasteiger partial charge in [0, 0.05) is 24.9 Å². The van der Waals surface area contributed by atoms with Gasteiger partial charge >= 0.3 is 0 Å². The molecule has 3 heteroatoms. The van der Waals surface area contributed by atoms with Gasteiger partial charge in [0.15, 0.2) is 0 Å². The molecule has 0 aliphatic carbocycles. The first-order valence-electron chi connectivity index (χ1n) is 5.39. The van der Waals surface area contributed by atoms with Crippen molar-refractivity contribution in [1.29, 1.82) is 0 Å². The van der Waals surface area contributed by atoms with Gasteiger partial charge in [-0.2, -0.15) is 0 Å². The molecule has 0 fully saturated rings. The van der Waals surface area contributed by atoms with Crippen molar-refractivity contribution in [2.24, 2.45) is 0 Å². The number of aryl methyl sites for hydroxylation is 1. The highest BCUT2D eigenvalue weighted by atomic mass is 16.1. The minimum absolute atomic E-state index is 0.0636. The Bertz CT molecular complexity index is 393. The lowest BCUT2D eigenvalue weighted by Gasteiger charge is -2.05. The largest absolute Gasteiger partial charge is 0.352 e. The smallest absolute Gasteiger partial charge is 0.253 e. The quantitative estimate of drug-likeness (QED) is 0.603. The fraction of sp³-hybridized carbons (Fsp3) is 0.385. The highest BCUT2D eigenvalue weighted by molar-refractivity contribution is 5.95. The molecule has 0 saturated heterocycles. The van der Waals surface area contributed by atoms with Crippen molar-refractivity contribution < 1.29 is 4.79 Å². The Morgan fingerprint density at radius 2 is 2.38 bits per heavy atom. The molecule has 1 heterocycles. The van der Waals surface area contributed by atoms with Gasteiger partial charge in [-0.1, -0.05) is 0 Å². The van der Waals surface area contributed by atoms with Crippen molar-refractivity contribution in [1.82, 2.24) is 10.3 Å². The van der Waals surface area contributed by atoms with Crippen LogP contribution < -0.4 is 5.32 Å². The van der Waals surface area contributed by atoms with Crippen LogP contribution in [0.3, 0.4) is 0 Å². The van der Waals surface area contributed by atoms with Crippen LogP contribution in [0.4, 0.5) is 0 Å². The Morgan fingerprint density at radius 1 is 1.56 bits per heavy atom. The van der Waals surface area contributed by atoms with Crippen molar-refractivity contribution in [3.63, 3.8) is 0 Å². The van der Waals surface area contributed by atoms with Gasteiger partial charge in [0.05, 0.1) is 5.56 Å². The third-order valence-electron chi connectivity index (χ3n) is 2.29. The van der Waals surface area contributed by atoms with E-state index in [-0.39, 0.29) is 5.91 Å². The predicted molar refractivity (Wildman–Crippen MR) is 64.0 cm³/mol. The van der Waals surface area contributed by atoms with Crippen molar-refractivity contribution in [2.75, 3.05) is 6.54 Å². The number of hydrogen-bond acceptors (Lipinski definition) is 2. The van der Waals surface area contributed by atoms with Crippen molar-refractivity contribution in [3.05, 3.63) is 29.6 Å². The molecule has 0 atom stereocenters. The lowest BCUT2D eigenvalue weighted by atomic mass is 10.2. The Morgan fingerprint density at radius 3 is 3.06 bits per heavy atom. The van der Waals surface area contributed by atoms with Gasteiger partial charge in [-0.25, -0.2) is 0 Å². The zero-order valence-corrected chi connectivity index (χ0v) is 9.49. The first kappa shape index (κ1) is 12.3. The van der Waals surface area contributed by atoms with E-state index in [4.69, 9.17) is 6.42 Å². The molecule has 16 heavy (non-hydrogen) atoms. The molecule has 0 spiro atoms. The molecule has 0 radical (unpaired) electrons. The van der Waals surface area contributed by atoms with E-state index >= 15 is 0 Å². The first-order chi connectivity index (χ1) is 7.75. The van der Waals surface area contributed by atoms with Crippen LogP contribution in [0.5, 0.6) is 0 Å². The Kier molecular flexibility index (Phi) is 5.07. The van der Waals surface area contributed by atoms with E-state index in [1.807, 2.05) is 6.92 Å². The summed E-state index contributed by atoms with van der Waals surface area (Å²) in [4.78, 5) is 15.8. The normalized spacial score (nSPS) is 9.50. The number of aromatic nitrogens is 1. The zero-order chi connectivity index (χ0) is 11.8. The van der Waals surface area contributed by atoms with Crippen LogP contribution in [0, 0.1) is 19.3 Å². The summed E-state index contributed by atoms with van der Waals surface area (Å²) in [7, 11) is 0. The average molecular weight is 216 g/mol. The summed E-state index contributed by atoms with van der Waals surface area (Å²) < 4.78 is 0. The minimum Gasteiger partial charge on any atom is -0.352 e. The van der Waals surface area contributed by atoms with Crippen molar-refractivity contribution >= 4 is 5.91 Å². The fourth-order valence-corrected chi connectivity index (χ4v) is 1.37. The van der Waals surface area contributed by atoms with E-state index in [1.54, 1.807) is 18.3 Å². The zero-order valence-electron chi connectivity index (χ0n) is 9.49. The summed E-state index contributed by atoms with van der Waals surface area (Å²) >= 11 is 0. The number of carbonyl (C=O) groups is 1. The Labute approximate surface area is 96.3 Å². The molecule has 1 aromatic rings. The fourth-order valence-electron chi connectivity index (χ4n) is 1.37. The second-order valence-electron chi connectivity index (χ2n) is 3.55. The summed E-state index contributed by atoms with van der Waals surface area (Å²) in [5.74, 6) is 2.51. The summed E-state index contributed by atoms with van der Waals surface area (Å²) in [5.41, 5.74) is 1.39. The maximum Gasteiger partial charge on any atom is 0.253 e. The Hall–Kier alpha value is -1.82. The second-order valence-corrected chi connectivity index (χ2v) is 3.55. The van der Waals surface area contributed by atoms with Crippen LogP contribution >= 0.6 is 0 Å². The summed E-state index contributed by atoms with van der Waals surface area (Å²) in [6.45, 7) is 2.49. The number of unbranched alkanes of at least 4 members (excludes halogenated alkanes) is 2. The topological polar surface area (TPSA) is 42.0 Å². The van der Waals surface area contributed by atoms with Crippen LogP contribution in [0.2, 0.25) is 0 Å². The molecule has 0 aliphatic rings. The molecule has 84 valence electrons. The van der Waals surface area contributed by atoms with Crippen LogP contribution in [0.1, 0.15) is 35.3 Å². The lowest BCUT2D eigenvalue weighted by molar-refractivity contribution is 0.0952. The minimum atomic E-state index is -0.0636. The second kappa shape index (κ2) is 6.62. The number of pyridine rings is 1. The summed E-state index contributed by atoms with van der Waals surface area (Å²) in [5, 5.41) is 2.85. The maximum atomic E-state index is 11.7. The first-order valence-corrected chi connectivity index (χ1v) is 5.39. The molecule has 0 aliphatic heterocycles. The molecule has 0 aromatic carbocycles. The summed E-state index contributed by atoms with van der Waals surface area (Å²) in [6, 6.07) is 3.54. The standard InChI is InChI=1S/C13H16N2O/c1-3-4-5-6-9-15-13(16)12-8-7-10-14-11(12)2/h1,7-8,10H,4-6,9H2,2H3,(H,15,16). The molecule has 0 unspecified atom stereocenters. The third-order valence-corrected chi connectivity index (χ3v) is 2.29. The molecule has 1 aromatic heterocycles. The van der Waals surface area contributed by atoms with Crippen LogP contribution in [0.15, 0.2) is 18.3 Å². The van der Waals surface area contributed by atoms with Gasteiger partial charge in [0.2, 0.25) is 0 Å². The molecule has 1 N–H and O–H groups in total. The number of terminal acetylenes is 1. The van der Waals surface area contributed by atoms with E-state index < -0.39 is 0 Å². The SMILES string of the molecule is C#CCCCCNC(=O)c1cccnc1C. The van der Waals surface area contributed by atoms with E-state index in [0.717, 1.165) is 25.0 Å². The van der Waals surface area contributed by atoms with Gasteiger partial charge in [0.1, 0.15) is 0 Å². The van der Waals surface area contributed by atoms with Crippen molar-refractivity contribution in [2.45, 2.75) is 26.2 Å². The number of nitrogens with zero attached hydrogens (tertiary/aromatic N) is 1. The van der Waals surface area contributed by atoms with E-state index in [0.29, 0.717) is 12.1 Å². The lowest BCUT2D eigenvalue weighted by Crippen LogP contribution is -2.25. The highest BCUT2D eigenvalue weighted by Gasteiger charge is 2.07. The van der Waals surface area contributed by atoms with E-state index in [1.165, 1.54) is 0 Å². The third kappa shape index (κ3) is 3.74. The number of hydrogen-bond donors (Lipinski definition) is 1. The molecular weight excluding hydrogens is 200 g/mol. The van der Waals surface area contributed by atoms with Crippen LogP contribution in [-0.2, 0) is 0 Å². The summed E-state index contributed by atoms with van der Waals surface area (Å²) in [6.07, 6.45) is 9.44. The molecule has 1 rings (SSSR count). The number of rotatable bonds is 5. The van der Waals surface area contributed by atoms with Gasteiger partial charge in [-0.05, 0) is 31.9 Å². The number of amides is 1. The number of nitrogens with one attached hydrogen (secondary N) is 1. The molecular formula is C13H16N2O. The van der Waals surface area contributed by atoms with E-state index in [9.17, 15) is 4.79 Å². The van der Waals surface area contributed by atoms with Gasteiger partial charge in [-0.3, -0.25) is 9.78 Å². The van der Waals surface area contributed by atoms with Gasteiger partial charge in [0.25, 0.3) is 5.91 Å². The number of carbonyl (C=O) groups excluding carboxylic acids is 1. The van der Waals surface area contributed by atoms with Gasteiger partial charge in [-0.15, -0.1) is 12.3 Å². The van der Waals surface area contributed by atoms with E-state index in [2.05, 4.69) is 16.2 Å². The monoisotopic (exact) mass is 216 g/mol. The molecule has 0 saturated carbocycles. The maximum absolute atomic E-state index is 11.7. The average Bonchev–Trinajstić information content (AvgIpc) is 2.29.